The van der Waals surface area contributed by atoms with Crippen LogP contribution < -0.4 is 16.4 Å². The van der Waals surface area contributed by atoms with Crippen molar-refractivity contribution < 1.29 is 9.53 Å². The van der Waals surface area contributed by atoms with Crippen LogP contribution in [0.4, 0.5) is 0 Å². The van der Waals surface area contributed by atoms with Crippen LogP contribution in [0.1, 0.15) is 25.7 Å². The number of aliphatic imine (C=N–C) groups is 1. The third kappa shape index (κ3) is 4.35. The van der Waals surface area contributed by atoms with Gasteiger partial charge in [-0.05, 0) is 18.8 Å². The zero-order valence-corrected chi connectivity index (χ0v) is 13.8. The van der Waals surface area contributed by atoms with Crippen LogP contribution in [0.2, 0.25) is 0 Å². The van der Waals surface area contributed by atoms with Gasteiger partial charge < -0.3 is 21.1 Å². The number of nitrogens with two attached hydrogens (primary N) is 1. The van der Waals surface area contributed by atoms with Gasteiger partial charge in [0.05, 0.1) is 25.7 Å². The molecule has 0 aromatic heterocycles. The van der Waals surface area contributed by atoms with Gasteiger partial charge in [-0.3, -0.25) is 14.7 Å². The van der Waals surface area contributed by atoms with E-state index in [9.17, 15) is 4.79 Å². The highest BCUT2D eigenvalue weighted by Crippen LogP contribution is 2.31. The summed E-state index contributed by atoms with van der Waals surface area (Å²) in [6.45, 7) is 5.98. The maximum Gasteiger partial charge on any atom is 0.224 e. The van der Waals surface area contributed by atoms with E-state index in [0.29, 0.717) is 12.5 Å². The van der Waals surface area contributed by atoms with E-state index in [4.69, 9.17) is 10.5 Å². The third-order valence-corrected chi connectivity index (χ3v) is 5.28. The van der Waals surface area contributed by atoms with E-state index in [1.807, 2.05) is 0 Å². The molecule has 1 saturated carbocycles. The first-order valence-corrected chi connectivity index (χ1v) is 8.88. The molecule has 2 aliphatic heterocycles. The smallest absolute Gasteiger partial charge is 0.224 e. The molecule has 23 heavy (non-hydrogen) atoms. The molecule has 3 rings (SSSR count). The van der Waals surface area contributed by atoms with Crippen LogP contribution in [-0.2, 0) is 9.53 Å². The molecule has 1 saturated heterocycles. The summed E-state index contributed by atoms with van der Waals surface area (Å²) in [6, 6.07) is 0.137. The summed E-state index contributed by atoms with van der Waals surface area (Å²) in [4.78, 5) is 18.6. The highest BCUT2D eigenvalue weighted by molar-refractivity contribution is 5.85. The standard InChI is InChI=1S/C16H29N5O2/c17-15(22)13-11-19-16(20-14(13)12-3-1-2-4-12)18-5-6-21-7-9-23-10-8-21/h12-14H,1-11H2,(H2,17,22)(H2,18,19,20)/t13-,14?/m1/s1. The predicted molar refractivity (Wildman–Crippen MR) is 89.1 cm³/mol. The number of rotatable bonds is 5. The Balaban J connectivity index is 1.50. The Morgan fingerprint density at radius 1 is 1.35 bits per heavy atom. The van der Waals surface area contributed by atoms with Crippen LogP contribution in [-0.4, -0.2) is 68.7 Å². The summed E-state index contributed by atoms with van der Waals surface area (Å²) in [6.07, 6.45) is 4.88. The number of ether oxygens (including phenoxy) is 1. The molecule has 0 aromatic rings. The Bertz CT molecular complexity index is 430. The molecule has 7 nitrogen and oxygen atoms in total. The van der Waals surface area contributed by atoms with Crippen molar-refractivity contribution in [3.63, 3.8) is 0 Å². The van der Waals surface area contributed by atoms with Crippen molar-refractivity contribution in [1.29, 1.82) is 0 Å². The molecule has 130 valence electrons. The first-order valence-electron chi connectivity index (χ1n) is 8.88. The summed E-state index contributed by atoms with van der Waals surface area (Å²) in [7, 11) is 0. The number of carbonyl (C=O) groups is 1. The van der Waals surface area contributed by atoms with E-state index in [0.717, 1.165) is 45.4 Å². The minimum atomic E-state index is -0.231. The minimum absolute atomic E-state index is 0.137. The number of nitrogens with zero attached hydrogens (tertiary/aromatic N) is 2. The third-order valence-electron chi connectivity index (χ3n) is 5.28. The molecule has 0 radical (unpaired) electrons. The van der Waals surface area contributed by atoms with Crippen LogP contribution >= 0.6 is 0 Å². The molecule has 1 unspecified atom stereocenters. The molecule has 1 aliphatic carbocycles. The fourth-order valence-corrected chi connectivity index (χ4v) is 3.90. The highest BCUT2D eigenvalue weighted by atomic mass is 16.5. The van der Waals surface area contributed by atoms with Crippen LogP contribution in [0, 0.1) is 11.8 Å². The molecule has 7 heteroatoms. The van der Waals surface area contributed by atoms with Crippen LogP contribution in [0.25, 0.3) is 0 Å². The molecule has 4 N–H and O–H groups in total. The monoisotopic (exact) mass is 323 g/mol. The van der Waals surface area contributed by atoms with Crippen LogP contribution in [0.5, 0.6) is 0 Å². The topological polar surface area (TPSA) is 92.0 Å². The van der Waals surface area contributed by atoms with E-state index in [1.54, 1.807) is 0 Å². The van der Waals surface area contributed by atoms with Crippen LogP contribution in [0.3, 0.4) is 0 Å². The Labute approximate surface area is 138 Å². The Hall–Kier alpha value is -1.34. The zero-order valence-electron chi connectivity index (χ0n) is 13.8. The average Bonchev–Trinajstić information content (AvgIpc) is 3.10. The molecule has 0 aromatic carbocycles. The fraction of sp³-hybridized carbons (Fsp3) is 0.875. The van der Waals surface area contributed by atoms with Crippen molar-refractivity contribution >= 4 is 11.9 Å². The number of amides is 1. The number of hydrogen-bond donors (Lipinski definition) is 3. The lowest BCUT2D eigenvalue weighted by atomic mass is 9.85. The maximum atomic E-state index is 11.7. The second kappa shape index (κ2) is 7.97. The number of morpholine rings is 1. The minimum Gasteiger partial charge on any atom is -0.379 e. The van der Waals surface area contributed by atoms with Gasteiger partial charge in [0.25, 0.3) is 0 Å². The van der Waals surface area contributed by atoms with E-state index < -0.39 is 0 Å². The largest absolute Gasteiger partial charge is 0.379 e. The normalized spacial score (nSPS) is 29.8. The Morgan fingerprint density at radius 2 is 2.09 bits per heavy atom. The number of primary amides is 1. The zero-order chi connectivity index (χ0) is 16.1. The fourth-order valence-electron chi connectivity index (χ4n) is 3.90. The van der Waals surface area contributed by atoms with Gasteiger partial charge in [0.2, 0.25) is 5.91 Å². The molecule has 1 amide bonds. The first kappa shape index (κ1) is 16.5. The van der Waals surface area contributed by atoms with Gasteiger partial charge in [0.15, 0.2) is 5.96 Å². The number of guanidine groups is 1. The summed E-state index contributed by atoms with van der Waals surface area (Å²) in [5, 5.41) is 6.85. The summed E-state index contributed by atoms with van der Waals surface area (Å²) in [5.41, 5.74) is 5.58. The van der Waals surface area contributed by atoms with E-state index in [1.165, 1.54) is 25.7 Å². The van der Waals surface area contributed by atoms with Crippen molar-refractivity contribution in [3.8, 4) is 0 Å². The van der Waals surface area contributed by atoms with Gasteiger partial charge >= 0.3 is 0 Å². The Kier molecular flexibility index (Phi) is 5.72. The quantitative estimate of drug-likeness (QED) is 0.636. The SMILES string of the molecule is NC(=O)[C@@H]1CN=C(NCCN2CCOCC2)NC1C1CCCC1. The lowest BCUT2D eigenvalue weighted by molar-refractivity contribution is -0.122. The Morgan fingerprint density at radius 3 is 2.78 bits per heavy atom. The van der Waals surface area contributed by atoms with Crippen LogP contribution in [0.15, 0.2) is 4.99 Å². The van der Waals surface area contributed by atoms with Crippen molar-refractivity contribution in [2.75, 3.05) is 45.9 Å². The molecular weight excluding hydrogens is 294 g/mol. The van der Waals surface area contributed by atoms with E-state index in [2.05, 4.69) is 20.5 Å². The van der Waals surface area contributed by atoms with Gasteiger partial charge in [0, 0.05) is 32.2 Å². The molecule has 2 heterocycles. The predicted octanol–water partition coefficient (Wildman–Crippen LogP) is -0.472. The lowest BCUT2D eigenvalue weighted by Crippen LogP contribution is -2.57. The first-order chi connectivity index (χ1) is 11.2. The summed E-state index contributed by atoms with van der Waals surface area (Å²) >= 11 is 0. The number of carbonyl (C=O) groups excluding carboxylic acids is 1. The number of nitrogens with one attached hydrogen (secondary N) is 2. The van der Waals surface area contributed by atoms with Crippen molar-refractivity contribution in [1.82, 2.24) is 15.5 Å². The van der Waals surface area contributed by atoms with Crippen molar-refractivity contribution in [2.24, 2.45) is 22.6 Å². The molecule has 0 bridgehead atoms. The number of hydrogen-bond acceptors (Lipinski definition) is 6. The summed E-state index contributed by atoms with van der Waals surface area (Å²) in [5.74, 6) is 0.958. The molecule has 2 fully saturated rings. The van der Waals surface area contributed by atoms with E-state index in [-0.39, 0.29) is 17.9 Å². The molecule has 3 aliphatic rings. The lowest BCUT2D eigenvalue weighted by Gasteiger charge is -2.35. The molecular formula is C16H29N5O2. The highest BCUT2D eigenvalue weighted by Gasteiger charge is 2.37. The van der Waals surface area contributed by atoms with Crippen molar-refractivity contribution in [3.05, 3.63) is 0 Å². The van der Waals surface area contributed by atoms with Gasteiger partial charge in [-0.1, -0.05) is 12.8 Å². The van der Waals surface area contributed by atoms with Gasteiger partial charge in [0.1, 0.15) is 0 Å². The van der Waals surface area contributed by atoms with Gasteiger partial charge in [-0.2, -0.15) is 0 Å². The second-order valence-corrected chi connectivity index (χ2v) is 6.79. The summed E-state index contributed by atoms with van der Waals surface area (Å²) < 4.78 is 5.36. The molecule has 2 atom stereocenters. The second-order valence-electron chi connectivity index (χ2n) is 6.79. The van der Waals surface area contributed by atoms with Gasteiger partial charge in [-0.15, -0.1) is 0 Å². The molecule has 0 spiro atoms. The van der Waals surface area contributed by atoms with E-state index >= 15 is 0 Å². The van der Waals surface area contributed by atoms with Gasteiger partial charge in [-0.25, -0.2) is 0 Å². The average molecular weight is 323 g/mol. The maximum absolute atomic E-state index is 11.7. The van der Waals surface area contributed by atoms with Crippen molar-refractivity contribution in [2.45, 2.75) is 31.7 Å².